The molecule has 37 heavy (non-hydrogen) atoms. The van der Waals surface area contributed by atoms with Gasteiger partial charge in [-0.25, -0.2) is 17.8 Å². The molecule has 0 aliphatic rings. The number of sulfonamides is 1. The number of anilines is 1. The first kappa shape index (κ1) is 26.9. The molecule has 8 nitrogen and oxygen atoms in total. The Balaban J connectivity index is 1.54. The van der Waals surface area contributed by atoms with E-state index in [4.69, 9.17) is 0 Å². The van der Waals surface area contributed by atoms with Gasteiger partial charge in [-0.2, -0.15) is 14.1 Å². The molecule has 2 aromatic heterocycles. The minimum atomic E-state index is -3.65. The van der Waals surface area contributed by atoms with E-state index in [1.807, 2.05) is 13.8 Å². The molecule has 0 fully saturated rings. The van der Waals surface area contributed by atoms with E-state index in [1.54, 1.807) is 19.1 Å². The summed E-state index contributed by atoms with van der Waals surface area (Å²) < 4.78 is 43.7. The van der Waals surface area contributed by atoms with Crippen LogP contribution in [0.3, 0.4) is 0 Å². The lowest BCUT2D eigenvalue weighted by molar-refractivity contribution is 0.102. The fraction of sp³-hybridized carbons (Fsp3) is 0.346. The third-order valence-corrected chi connectivity index (χ3v) is 8.78. The Hall–Kier alpha value is -3.15. The summed E-state index contributed by atoms with van der Waals surface area (Å²) in [7, 11) is -3.65. The van der Waals surface area contributed by atoms with Crippen LogP contribution in [0, 0.1) is 12.7 Å². The topological polar surface area (TPSA) is 97.2 Å². The van der Waals surface area contributed by atoms with Gasteiger partial charge in [-0.1, -0.05) is 38.0 Å². The predicted octanol–water partition coefficient (Wildman–Crippen LogP) is 5.77. The molecule has 0 spiro atoms. The standard InChI is InChI=1S/C26H30FN5O3S2/c1-4-6-14-31(15-7-5-2)37(34,35)21-11-8-19(9-12-21)25(33)29-24-16-18(3)30-32(24)26-28-22-13-10-20(27)17-23(22)36-26/h8-13,16-17H,4-7,14-15H2,1-3H3,(H,29,33). The average molecular weight is 544 g/mol. The van der Waals surface area contributed by atoms with Crippen molar-refractivity contribution >= 4 is 43.3 Å². The Morgan fingerprint density at radius 1 is 1.05 bits per heavy atom. The Bertz CT molecular complexity index is 1490. The van der Waals surface area contributed by atoms with Gasteiger partial charge in [0.2, 0.25) is 15.2 Å². The minimum absolute atomic E-state index is 0.166. The number of rotatable bonds is 11. The highest BCUT2D eigenvalue weighted by atomic mass is 32.2. The van der Waals surface area contributed by atoms with E-state index in [0.717, 1.165) is 25.7 Å². The Morgan fingerprint density at radius 3 is 2.38 bits per heavy atom. The number of aromatic nitrogens is 3. The lowest BCUT2D eigenvalue weighted by atomic mass is 10.2. The van der Waals surface area contributed by atoms with Crippen LogP contribution >= 0.6 is 11.3 Å². The van der Waals surface area contributed by atoms with Gasteiger partial charge >= 0.3 is 0 Å². The molecule has 196 valence electrons. The highest BCUT2D eigenvalue weighted by molar-refractivity contribution is 7.89. The monoisotopic (exact) mass is 543 g/mol. The number of nitrogens with zero attached hydrogens (tertiary/aromatic N) is 4. The zero-order valence-corrected chi connectivity index (χ0v) is 22.7. The Morgan fingerprint density at radius 2 is 1.73 bits per heavy atom. The second-order valence-corrected chi connectivity index (χ2v) is 11.7. The second-order valence-electron chi connectivity index (χ2n) is 8.78. The zero-order chi connectivity index (χ0) is 26.6. The van der Waals surface area contributed by atoms with Gasteiger partial charge in [0, 0.05) is 24.7 Å². The van der Waals surface area contributed by atoms with Crippen molar-refractivity contribution in [2.45, 2.75) is 51.3 Å². The van der Waals surface area contributed by atoms with E-state index in [-0.39, 0.29) is 10.7 Å². The van der Waals surface area contributed by atoms with Gasteiger partial charge in [-0.15, -0.1) is 0 Å². The van der Waals surface area contributed by atoms with Crippen molar-refractivity contribution in [3.05, 3.63) is 65.6 Å². The normalized spacial score (nSPS) is 11.9. The first-order valence-corrected chi connectivity index (χ1v) is 14.5. The van der Waals surface area contributed by atoms with E-state index in [0.29, 0.717) is 45.5 Å². The van der Waals surface area contributed by atoms with Crippen molar-refractivity contribution in [3.63, 3.8) is 0 Å². The van der Waals surface area contributed by atoms with Crippen molar-refractivity contribution in [1.29, 1.82) is 0 Å². The number of unbranched alkanes of at least 4 members (excludes halogenated alkanes) is 2. The fourth-order valence-electron chi connectivity index (χ4n) is 3.85. The minimum Gasteiger partial charge on any atom is -0.306 e. The number of carbonyl (C=O) groups excluding carboxylic acids is 1. The van der Waals surface area contributed by atoms with Gasteiger partial charge in [-0.05, 0) is 62.2 Å². The third kappa shape index (κ3) is 6.06. The number of nitrogens with one attached hydrogen (secondary N) is 1. The molecule has 0 atom stereocenters. The number of thiazole rings is 1. The summed E-state index contributed by atoms with van der Waals surface area (Å²) >= 11 is 1.26. The number of hydrogen-bond donors (Lipinski definition) is 1. The maximum absolute atomic E-state index is 13.6. The summed E-state index contributed by atoms with van der Waals surface area (Å²) in [5.74, 6) is -0.354. The van der Waals surface area contributed by atoms with Crippen molar-refractivity contribution in [3.8, 4) is 5.13 Å². The summed E-state index contributed by atoms with van der Waals surface area (Å²) in [6.45, 7) is 6.80. The summed E-state index contributed by atoms with van der Waals surface area (Å²) in [4.78, 5) is 17.7. The van der Waals surface area contributed by atoms with Gasteiger partial charge in [0.25, 0.3) is 5.91 Å². The molecule has 0 saturated carbocycles. The van der Waals surface area contributed by atoms with E-state index < -0.39 is 15.9 Å². The highest BCUT2D eigenvalue weighted by Crippen LogP contribution is 2.28. The lowest BCUT2D eigenvalue weighted by Crippen LogP contribution is -2.33. The average Bonchev–Trinajstić information content (AvgIpc) is 3.46. The molecule has 0 unspecified atom stereocenters. The molecule has 1 amide bonds. The van der Waals surface area contributed by atoms with Gasteiger partial charge in [0.15, 0.2) is 0 Å². The first-order chi connectivity index (χ1) is 17.7. The molecule has 4 aromatic rings. The summed E-state index contributed by atoms with van der Waals surface area (Å²) in [5, 5.41) is 7.75. The Labute approximate surface area is 220 Å². The smallest absolute Gasteiger partial charge is 0.256 e. The second kappa shape index (κ2) is 11.5. The van der Waals surface area contributed by atoms with Crippen molar-refractivity contribution in [2.75, 3.05) is 18.4 Å². The molecule has 2 heterocycles. The number of carbonyl (C=O) groups is 1. The van der Waals surface area contributed by atoms with Crippen molar-refractivity contribution in [2.24, 2.45) is 0 Å². The SMILES string of the molecule is CCCCN(CCCC)S(=O)(=O)c1ccc(C(=O)Nc2cc(C)nn2-c2nc3ccc(F)cc3s2)cc1. The molecule has 2 aromatic carbocycles. The maximum Gasteiger partial charge on any atom is 0.256 e. The number of fused-ring (bicyclic) bond motifs is 1. The molecule has 4 rings (SSSR count). The van der Waals surface area contributed by atoms with Crippen LogP contribution in [0.15, 0.2) is 53.4 Å². The molecule has 1 N–H and O–H groups in total. The third-order valence-electron chi connectivity index (χ3n) is 5.87. The van der Waals surface area contributed by atoms with Crippen molar-refractivity contribution in [1.82, 2.24) is 19.1 Å². The maximum atomic E-state index is 13.6. The van der Waals surface area contributed by atoms with E-state index in [2.05, 4.69) is 15.4 Å². The van der Waals surface area contributed by atoms with Crippen molar-refractivity contribution < 1.29 is 17.6 Å². The van der Waals surface area contributed by atoms with Crippen LogP contribution in [-0.2, 0) is 10.0 Å². The van der Waals surface area contributed by atoms with E-state index >= 15 is 0 Å². The summed E-state index contributed by atoms with van der Waals surface area (Å²) in [6, 6.07) is 12.0. The number of amides is 1. The zero-order valence-electron chi connectivity index (χ0n) is 21.1. The molecular weight excluding hydrogens is 513 g/mol. The van der Waals surface area contributed by atoms with Gasteiger partial charge in [0.05, 0.1) is 20.8 Å². The highest BCUT2D eigenvalue weighted by Gasteiger charge is 2.24. The van der Waals surface area contributed by atoms with Crippen LogP contribution in [0.25, 0.3) is 15.3 Å². The summed E-state index contributed by atoms with van der Waals surface area (Å²) in [5.41, 5.74) is 1.61. The van der Waals surface area contributed by atoms with Gasteiger partial charge in [0.1, 0.15) is 11.6 Å². The number of aryl methyl sites for hydroxylation is 1. The van der Waals surface area contributed by atoms with Crippen LogP contribution in [0.4, 0.5) is 10.2 Å². The number of halogens is 1. The van der Waals surface area contributed by atoms with Gasteiger partial charge in [-0.3, -0.25) is 4.79 Å². The summed E-state index contributed by atoms with van der Waals surface area (Å²) in [6.07, 6.45) is 3.39. The number of benzene rings is 2. The van der Waals surface area contributed by atoms with Crippen LogP contribution < -0.4 is 5.32 Å². The van der Waals surface area contributed by atoms with E-state index in [9.17, 15) is 17.6 Å². The molecule has 0 aliphatic heterocycles. The molecule has 0 saturated heterocycles. The molecule has 0 radical (unpaired) electrons. The molecular formula is C26H30FN5O3S2. The lowest BCUT2D eigenvalue weighted by Gasteiger charge is -2.22. The quantitative estimate of drug-likeness (QED) is 0.259. The first-order valence-electron chi connectivity index (χ1n) is 12.3. The van der Waals surface area contributed by atoms with Gasteiger partial charge < -0.3 is 5.32 Å². The van der Waals surface area contributed by atoms with Crippen LogP contribution in [-0.4, -0.2) is 46.5 Å². The molecule has 11 heteroatoms. The fourth-order valence-corrected chi connectivity index (χ4v) is 6.32. The van der Waals surface area contributed by atoms with Crippen LogP contribution in [0.2, 0.25) is 0 Å². The molecule has 0 bridgehead atoms. The molecule has 0 aliphatic carbocycles. The Kier molecular flexibility index (Phi) is 8.35. The largest absolute Gasteiger partial charge is 0.306 e. The van der Waals surface area contributed by atoms with Crippen LogP contribution in [0.5, 0.6) is 0 Å². The van der Waals surface area contributed by atoms with E-state index in [1.165, 1.54) is 56.7 Å². The van der Waals surface area contributed by atoms with Crippen LogP contribution in [0.1, 0.15) is 55.6 Å². The number of hydrogen-bond acceptors (Lipinski definition) is 6. The predicted molar refractivity (Wildman–Crippen MR) is 144 cm³/mol.